The zero-order valence-corrected chi connectivity index (χ0v) is 14.4. The van der Waals surface area contributed by atoms with E-state index in [-0.39, 0.29) is 17.3 Å². The van der Waals surface area contributed by atoms with Gasteiger partial charge in [0.25, 0.3) is 0 Å². The Morgan fingerprint density at radius 3 is 2.56 bits per heavy atom. The molecule has 25 heavy (non-hydrogen) atoms. The maximum atomic E-state index is 14.0. The van der Waals surface area contributed by atoms with Crippen LogP contribution in [0.15, 0.2) is 18.2 Å². The number of hydrogen-bond acceptors (Lipinski definition) is 4. The summed E-state index contributed by atoms with van der Waals surface area (Å²) in [5.41, 5.74) is 0.827. The Morgan fingerprint density at radius 2 is 1.92 bits per heavy atom. The molecule has 1 N–H and O–H groups in total. The predicted molar refractivity (Wildman–Crippen MR) is 93.0 cm³/mol. The van der Waals surface area contributed by atoms with Crippen molar-refractivity contribution in [2.24, 2.45) is 5.41 Å². The van der Waals surface area contributed by atoms with Crippen LogP contribution in [0.1, 0.15) is 19.8 Å². The third-order valence-corrected chi connectivity index (χ3v) is 4.93. The van der Waals surface area contributed by atoms with Crippen molar-refractivity contribution in [3.05, 3.63) is 24.0 Å². The highest BCUT2D eigenvalue weighted by Gasteiger charge is 2.31. The highest BCUT2D eigenvalue weighted by Crippen LogP contribution is 2.30. The number of rotatable bonds is 2. The third kappa shape index (κ3) is 4.20. The molecule has 2 aliphatic heterocycles. The molecule has 2 amide bonds. The second-order valence-electron chi connectivity index (χ2n) is 6.89. The number of nitrogens with zero attached hydrogens (tertiary/aromatic N) is 3. The number of amides is 2. The molecule has 3 rings (SSSR count). The molecule has 0 aliphatic carbocycles. The first-order valence-corrected chi connectivity index (χ1v) is 8.60. The van der Waals surface area contributed by atoms with Crippen LogP contribution in [0.2, 0.25) is 0 Å². The van der Waals surface area contributed by atoms with Gasteiger partial charge in [-0.05, 0) is 38.0 Å². The van der Waals surface area contributed by atoms with E-state index < -0.39 is 0 Å². The second-order valence-corrected chi connectivity index (χ2v) is 6.89. The molecule has 2 aliphatic rings. The Hall–Kier alpha value is -2.33. The van der Waals surface area contributed by atoms with Crippen LogP contribution in [0.5, 0.6) is 0 Å². The lowest BCUT2D eigenvalue weighted by atomic mass is 9.82. The van der Waals surface area contributed by atoms with Crippen LogP contribution >= 0.6 is 0 Å². The molecule has 2 saturated heterocycles. The highest BCUT2D eigenvalue weighted by molar-refractivity contribution is 5.90. The molecule has 0 aromatic heterocycles. The van der Waals surface area contributed by atoms with Gasteiger partial charge >= 0.3 is 6.03 Å². The lowest BCUT2D eigenvalue weighted by molar-refractivity contribution is 0.122. The molecule has 0 radical (unpaired) electrons. The number of nitrogens with one attached hydrogen (secondary N) is 1. The van der Waals surface area contributed by atoms with E-state index in [4.69, 9.17) is 4.74 Å². The van der Waals surface area contributed by atoms with Crippen LogP contribution in [-0.2, 0) is 4.74 Å². The number of piperidine rings is 1. The Morgan fingerprint density at radius 1 is 1.24 bits per heavy atom. The minimum Gasteiger partial charge on any atom is -0.378 e. The number of urea groups is 1. The maximum absolute atomic E-state index is 14.0. The zero-order valence-electron chi connectivity index (χ0n) is 14.4. The van der Waals surface area contributed by atoms with Gasteiger partial charge in [-0.3, -0.25) is 0 Å². The lowest BCUT2D eigenvalue weighted by Crippen LogP contribution is -2.43. The van der Waals surface area contributed by atoms with Crippen LogP contribution in [0.3, 0.4) is 0 Å². The minimum atomic E-state index is -0.380. The number of likely N-dealkylation sites (tertiary alicyclic amines) is 1. The molecule has 2 heterocycles. The standard InChI is InChI=1S/C18H23FN4O2/c1-18(13-20)2-4-23(5-3-18)17(24)21-15-10-14(19)11-16(12-15)22-6-8-25-9-7-22/h10-12H,2-9H2,1H3,(H,21,24). The molecule has 0 atom stereocenters. The van der Waals surface area contributed by atoms with Gasteiger partial charge in [-0.15, -0.1) is 0 Å². The molecule has 1 aromatic carbocycles. The van der Waals surface area contributed by atoms with Gasteiger partial charge in [0.1, 0.15) is 5.82 Å². The van der Waals surface area contributed by atoms with Gasteiger partial charge in [-0.2, -0.15) is 5.26 Å². The number of ether oxygens (including phenoxy) is 1. The van der Waals surface area contributed by atoms with Crippen LogP contribution < -0.4 is 10.2 Å². The number of carbonyl (C=O) groups is 1. The number of morpholine rings is 1. The van der Waals surface area contributed by atoms with E-state index >= 15 is 0 Å². The summed E-state index contributed by atoms with van der Waals surface area (Å²) in [5.74, 6) is -0.380. The monoisotopic (exact) mass is 346 g/mol. The quantitative estimate of drug-likeness (QED) is 0.894. The normalized spacial score (nSPS) is 20.0. The van der Waals surface area contributed by atoms with Crippen molar-refractivity contribution in [2.45, 2.75) is 19.8 Å². The van der Waals surface area contributed by atoms with E-state index in [9.17, 15) is 14.4 Å². The lowest BCUT2D eigenvalue weighted by Gasteiger charge is -2.35. The second kappa shape index (κ2) is 7.28. The van der Waals surface area contributed by atoms with E-state index in [0.29, 0.717) is 57.9 Å². The predicted octanol–water partition coefficient (Wildman–Crippen LogP) is 2.82. The molecular formula is C18H23FN4O2. The summed E-state index contributed by atoms with van der Waals surface area (Å²) < 4.78 is 19.3. The molecular weight excluding hydrogens is 323 g/mol. The molecule has 2 fully saturated rings. The SMILES string of the molecule is CC1(C#N)CCN(C(=O)Nc2cc(F)cc(N3CCOCC3)c2)CC1. The molecule has 6 nitrogen and oxygen atoms in total. The number of hydrogen-bond donors (Lipinski definition) is 1. The van der Waals surface area contributed by atoms with Gasteiger partial charge in [0.2, 0.25) is 0 Å². The van der Waals surface area contributed by atoms with Crippen LogP contribution in [0, 0.1) is 22.6 Å². The molecule has 0 saturated carbocycles. The number of benzene rings is 1. The smallest absolute Gasteiger partial charge is 0.321 e. The largest absolute Gasteiger partial charge is 0.378 e. The molecule has 0 spiro atoms. The minimum absolute atomic E-state index is 0.251. The fourth-order valence-electron chi connectivity index (χ4n) is 3.17. The summed E-state index contributed by atoms with van der Waals surface area (Å²) in [6.07, 6.45) is 1.30. The third-order valence-electron chi connectivity index (χ3n) is 4.93. The van der Waals surface area contributed by atoms with Gasteiger partial charge < -0.3 is 19.9 Å². The van der Waals surface area contributed by atoms with Crippen molar-refractivity contribution in [1.82, 2.24) is 4.90 Å². The Kier molecular flexibility index (Phi) is 5.09. The number of nitriles is 1. The van der Waals surface area contributed by atoms with Gasteiger partial charge in [0, 0.05) is 37.6 Å². The summed E-state index contributed by atoms with van der Waals surface area (Å²) in [6, 6.07) is 6.65. The van der Waals surface area contributed by atoms with E-state index in [0.717, 1.165) is 5.69 Å². The summed E-state index contributed by atoms with van der Waals surface area (Å²) in [7, 11) is 0. The van der Waals surface area contributed by atoms with Crippen LogP contribution in [0.4, 0.5) is 20.6 Å². The topological polar surface area (TPSA) is 68.6 Å². The molecule has 0 unspecified atom stereocenters. The van der Waals surface area contributed by atoms with E-state index in [1.807, 2.05) is 11.8 Å². The summed E-state index contributed by atoms with van der Waals surface area (Å²) >= 11 is 0. The number of carbonyl (C=O) groups excluding carboxylic acids is 1. The Balaban J connectivity index is 1.65. The highest BCUT2D eigenvalue weighted by atomic mass is 19.1. The van der Waals surface area contributed by atoms with Crippen LogP contribution in [0.25, 0.3) is 0 Å². The number of anilines is 2. The van der Waals surface area contributed by atoms with E-state index in [2.05, 4.69) is 11.4 Å². The summed E-state index contributed by atoms with van der Waals surface area (Å²) in [5, 5.41) is 12.0. The molecule has 7 heteroatoms. The first-order valence-electron chi connectivity index (χ1n) is 8.60. The zero-order chi connectivity index (χ0) is 17.9. The number of halogens is 1. The van der Waals surface area contributed by atoms with E-state index in [1.165, 1.54) is 12.1 Å². The fraction of sp³-hybridized carbons (Fsp3) is 0.556. The fourth-order valence-corrected chi connectivity index (χ4v) is 3.17. The van der Waals surface area contributed by atoms with E-state index in [1.54, 1.807) is 11.0 Å². The average molecular weight is 346 g/mol. The average Bonchev–Trinajstić information content (AvgIpc) is 2.62. The van der Waals surface area contributed by atoms with Crippen molar-refractivity contribution in [1.29, 1.82) is 5.26 Å². The first-order chi connectivity index (χ1) is 12.0. The van der Waals surface area contributed by atoms with Crippen molar-refractivity contribution in [2.75, 3.05) is 49.6 Å². The van der Waals surface area contributed by atoms with Crippen LogP contribution in [-0.4, -0.2) is 50.3 Å². The van der Waals surface area contributed by atoms with Gasteiger partial charge in [0.05, 0.1) is 24.7 Å². The Bertz CT molecular complexity index is 674. The Labute approximate surface area is 147 Å². The van der Waals surface area contributed by atoms with Crippen molar-refractivity contribution in [3.63, 3.8) is 0 Å². The van der Waals surface area contributed by atoms with Crippen molar-refractivity contribution in [3.8, 4) is 6.07 Å². The first kappa shape index (κ1) is 17.5. The van der Waals surface area contributed by atoms with Gasteiger partial charge in [-0.25, -0.2) is 9.18 Å². The maximum Gasteiger partial charge on any atom is 0.321 e. The van der Waals surface area contributed by atoms with Crippen molar-refractivity contribution >= 4 is 17.4 Å². The summed E-state index contributed by atoms with van der Waals surface area (Å²) in [6.45, 7) is 5.62. The molecule has 0 bridgehead atoms. The summed E-state index contributed by atoms with van der Waals surface area (Å²) in [4.78, 5) is 16.2. The van der Waals surface area contributed by atoms with Gasteiger partial charge in [-0.1, -0.05) is 0 Å². The van der Waals surface area contributed by atoms with Crippen molar-refractivity contribution < 1.29 is 13.9 Å². The van der Waals surface area contributed by atoms with Gasteiger partial charge in [0.15, 0.2) is 0 Å². The molecule has 134 valence electrons. The molecule has 1 aromatic rings.